The van der Waals surface area contributed by atoms with Crippen molar-refractivity contribution in [1.82, 2.24) is 19.5 Å². The van der Waals surface area contributed by atoms with Crippen molar-refractivity contribution in [1.29, 1.82) is 0 Å². The lowest BCUT2D eigenvalue weighted by molar-refractivity contribution is -0.127. The Kier molecular flexibility index (Phi) is 11.4. The van der Waals surface area contributed by atoms with Gasteiger partial charge in [0.05, 0.1) is 49.7 Å². The molecule has 13 heteroatoms. The number of likely N-dealkylation sites (N-methyl/N-ethyl adjacent to an activating group) is 1. The van der Waals surface area contributed by atoms with Crippen molar-refractivity contribution in [2.24, 2.45) is 0 Å². The normalized spacial score (nSPS) is 14.0. The molecule has 0 saturated carbocycles. The van der Waals surface area contributed by atoms with Gasteiger partial charge in [-0.15, -0.1) is 0 Å². The van der Waals surface area contributed by atoms with Crippen LogP contribution in [0, 0.1) is 0 Å². The lowest BCUT2D eigenvalue weighted by Gasteiger charge is -2.26. The predicted octanol–water partition coefficient (Wildman–Crippen LogP) is 5.19. The number of methoxy groups -OCH3 is 1. The number of amides is 3. The van der Waals surface area contributed by atoms with Crippen molar-refractivity contribution < 1.29 is 27.5 Å². The van der Waals surface area contributed by atoms with Crippen LogP contribution in [0.5, 0.6) is 5.75 Å². The fraction of sp³-hybridized carbons (Fsp3) is 0.378. The van der Waals surface area contributed by atoms with Gasteiger partial charge in [0.25, 0.3) is 0 Å². The Morgan fingerprint density at radius 2 is 1.66 bits per heavy atom. The minimum absolute atomic E-state index is 0.210. The number of carbonyl (C=O) groups is 2. The van der Waals surface area contributed by atoms with Gasteiger partial charge in [0.15, 0.2) is 0 Å². The number of fused-ring (bicyclic) bond motifs is 1. The van der Waals surface area contributed by atoms with Crippen LogP contribution in [0.25, 0.3) is 21.9 Å². The molecule has 2 heterocycles. The van der Waals surface area contributed by atoms with Gasteiger partial charge >= 0.3 is 6.03 Å². The summed E-state index contributed by atoms with van der Waals surface area (Å²) in [6.07, 6.45) is 1.89. The Hall–Kier alpha value is -4.56. The predicted molar refractivity (Wildman–Crippen MR) is 197 cm³/mol. The average molecular weight is 703 g/mol. The maximum absolute atomic E-state index is 13.6. The highest BCUT2D eigenvalue weighted by Crippen LogP contribution is 2.37. The zero-order valence-corrected chi connectivity index (χ0v) is 30.3. The van der Waals surface area contributed by atoms with Crippen LogP contribution in [0.1, 0.15) is 37.6 Å². The van der Waals surface area contributed by atoms with E-state index in [2.05, 4.69) is 32.4 Å². The molecule has 3 aromatic carbocycles. The monoisotopic (exact) mass is 702 g/mol. The third-order valence-electron chi connectivity index (χ3n) is 8.57. The average Bonchev–Trinajstić information content (AvgIpc) is 3.07. The van der Waals surface area contributed by atoms with Gasteiger partial charge in [0, 0.05) is 56.4 Å². The molecule has 0 aliphatic carbocycles. The van der Waals surface area contributed by atoms with E-state index in [1.807, 2.05) is 63.4 Å². The van der Waals surface area contributed by atoms with Gasteiger partial charge in [-0.25, -0.2) is 17.9 Å². The van der Waals surface area contributed by atoms with Gasteiger partial charge in [0.2, 0.25) is 15.9 Å². The largest absolute Gasteiger partial charge is 0.494 e. The molecular weight excluding hydrogens is 657 g/mol. The molecule has 0 radical (unpaired) electrons. The van der Waals surface area contributed by atoms with Crippen molar-refractivity contribution in [2.75, 3.05) is 64.7 Å². The highest BCUT2D eigenvalue weighted by Gasteiger charge is 2.25. The van der Waals surface area contributed by atoms with Gasteiger partial charge < -0.3 is 25.0 Å². The van der Waals surface area contributed by atoms with Crippen LogP contribution in [-0.4, -0.2) is 89.2 Å². The standard InChI is InChI=1S/C37H46N6O6S/c1-37(2,3)27-19-26(24-50(46,47)39-22-34(44)42(4)5)35(48-6)33(20-27)41-36(45)40-32-14-13-29(30-9-7-8-10-31(30)32)25-11-12-28(38-21-25)23-43-15-17-49-18-16-43/h7-14,19-21,39H,15-18,22-24H2,1-6H3,(H2,40,41,45). The molecule has 1 saturated heterocycles. The summed E-state index contributed by atoms with van der Waals surface area (Å²) in [5.74, 6) is -0.619. The van der Waals surface area contributed by atoms with Crippen molar-refractivity contribution in [3.05, 3.63) is 83.7 Å². The highest BCUT2D eigenvalue weighted by atomic mass is 32.2. The number of sulfonamides is 1. The molecular formula is C37H46N6O6S. The lowest BCUT2D eigenvalue weighted by atomic mass is 9.85. The molecule has 0 atom stereocenters. The van der Waals surface area contributed by atoms with Gasteiger partial charge in [-0.2, -0.15) is 0 Å². The summed E-state index contributed by atoms with van der Waals surface area (Å²) in [5, 5.41) is 7.67. The first-order valence-corrected chi connectivity index (χ1v) is 18.1. The number of carbonyl (C=O) groups excluding carboxylic acids is 2. The fourth-order valence-electron chi connectivity index (χ4n) is 5.75. The summed E-state index contributed by atoms with van der Waals surface area (Å²) in [5.41, 5.74) is 4.63. The number of urea groups is 1. The molecule has 266 valence electrons. The summed E-state index contributed by atoms with van der Waals surface area (Å²) in [4.78, 5) is 34.0. The number of ether oxygens (including phenoxy) is 2. The van der Waals surface area contributed by atoms with Crippen molar-refractivity contribution in [2.45, 2.75) is 38.5 Å². The molecule has 4 aromatic rings. The van der Waals surface area contributed by atoms with Gasteiger partial charge in [-0.05, 0) is 40.1 Å². The Labute approximate surface area is 294 Å². The zero-order valence-electron chi connectivity index (χ0n) is 29.5. The first-order valence-electron chi connectivity index (χ1n) is 16.5. The number of hydrogen-bond acceptors (Lipinski definition) is 8. The topological polar surface area (TPSA) is 142 Å². The third kappa shape index (κ3) is 9.16. The summed E-state index contributed by atoms with van der Waals surface area (Å²) >= 11 is 0. The molecule has 0 bridgehead atoms. The lowest BCUT2D eigenvalue weighted by Crippen LogP contribution is -2.36. The van der Waals surface area contributed by atoms with E-state index >= 15 is 0 Å². The molecule has 1 fully saturated rings. The van der Waals surface area contributed by atoms with Crippen molar-refractivity contribution in [3.63, 3.8) is 0 Å². The van der Waals surface area contributed by atoms with E-state index in [0.29, 0.717) is 16.9 Å². The molecule has 1 aliphatic rings. The number of hydrogen-bond donors (Lipinski definition) is 3. The molecule has 50 heavy (non-hydrogen) atoms. The zero-order chi connectivity index (χ0) is 36.1. The first kappa shape index (κ1) is 36.7. The second kappa shape index (κ2) is 15.5. The number of anilines is 2. The third-order valence-corrected chi connectivity index (χ3v) is 9.84. The smallest absolute Gasteiger partial charge is 0.323 e. The van der Waals surface area contributed by atoms with E-state index in [-0.39, 0.29) is 23.6 Å². The van der Waals surface area contributed by atoms with Gasteiger partial charge in [-0.1, -0.05) is 63.2 Å². The van der Waals surface area contributed by atoms with Crippen molar-refractivity contribution >= 4 is 44.1 Å². The van der Waals surface area contributed by atoms with Crippen LogP contribution in [0.15, 0.2) is 66.9 Å². The number of morpholine rings is 1. The maximum Gasteiger partial charge on any atom is 0.323 e. The Bertz CT molecular complexity index is 1950. The molecule has 1 aliphatic heterocycles. The second-order valence-electron chi connectivity index (χ2n) is 13.5. The molecule has 3 amide bonds. The van der Waals surface area contributed by atoms with Crippen LogP contribution in [-0.2, 0) is 37.3 Å². The summed E-state index contributed by atoms with van der Waals surface area (Å²) in [6.45, 7) is 9.65. The van der Waals surface area contributed by atoms with E-state index in [1.165, 1.54) is 12.0 Å². The highest BCUT2D eigenvalue weighted by molar-refractivity contribution is 7.88. The number of aromatic nitrogens is 1. The van der Waals surface area contributed by atoms with Crippen LogP contribution in [0.4, 0.5) is 16.2 Å². The van der Waals surface area contributed by atoms with Gasteiger partial charge in [-0.3, -0.25) is 14.7 Å². The molecule has 5 rings (SSSR count). The Morgan fingerprint density at radius 3 is 2.30 bits per heavy atom. The quantitative estimate of drug-likeness (QED) is 0.194. The van der Waals surface area contributed by atoms with Crippen molar-refractivity contribution in [3.8, 4) is 16.9 Å². The number of nitrogens with zero attached hydrogens (tertiary/aromatic N) is 3. The van der Waals surface area contributed by atoms with E-state index in [0.717, 1.165) is 66.0 Å². The molecule has 1 aromatic heterocycles. The molecule has 3 N–H and O–H groups in total. The number of nitrogens with one attached hydrogen (secondary N) is 3. The number of pyridine rings is 1. The molecule has 0 spiro atoms. The molecule has 12 nitrogen and oxygen atoms in total. The van der Waals surface area contributed by atoms with Gasteiger partial charge in [0.1, 0.15) is 5.75 Å². The summed E-state index contributed by atoms with van der Waals surface area (Å²) < 4.78 is 39.6. The summed E-state index contributed by atoms with van der Waals surface area (Å²) in [7, 11) is 0.595. The Morgan fingerprint density at radius 1 is 0.960 bits per heavy atom. The van der Waals surface area contributed by atoms with Crippen LogP contribution < -0.4 is 20.1 Å². The van der Waals surface area contributed by atoms with E-state index in [4.69, 9.17) is 14.5 Å². The Balaban J connectivity index is 1.38. The minimum Gasteiger partial charge on any atom is -0.494 e. The summed E-state index contributed by atoms with van der Waals surface area (Å²) in [6, 6.07) is 18.8. The number of rotatable bonds is 11. The van der Waals surface area contributed by atoms with E-state index in [9.17, 15) is 18.0 Å². The molecule has 0 unspecified atom stereocenters. The minimum atomic E-state index is -3.93. The second-order valence-corrected chi connectivity index (χ2v) is 15.4. The van der Waals surface area contributed by atoms with E-state index < -0.39 is 21.8 Å². The number of benzene rings is 3. The SMILES string of the molecule is COc1c(CS(=O)(=O)NCC(=O)N(C)C)cc(C(C)(C)C)cc1NC(=O)Nc1ccc(-c2ccc(CN3CCOCC3)nc2)c2ccccc12. The van der Waals surface area contributed by atoms with Crippen LogP contribution in [0.2, 0.25) is 0 Å². The maximum atomic E-state index is 13.6. The van der Waals surface area contributed by atoms with Crippen LogP contribution >= 0.6 is 0 Å². The first-order chi connectivity index (χ1) is 23.7. The van der Waals surface area contributed by atoms with E-state index in [1.54, 1.807) is 26.2 Å². The fourth-order valence-corrected chi connectivity index (χ4v) is 6.82. The van der Waals surface area contributed by atoms with Crippen LogP contribution in [0.3, 0.4) is 0 Å².